The predicted molar refractivity (Wildman–Crippen MR) is 95.6 cm³/mol. The van der Waals surface area contributed by atoms with Crippen LogP contribution >= 0.6 is 11.6 Å². The first-order valence-electron chi connectivity index (χ1n) is 8.74. The third-order valence-corrected chi connectivity index (χ3v) is 5.37. The fraction of sp³-hybridized carbons (Fsp3) is 0.526. The molecule has 2 aliphatic rings. The molecule has 0 saturated heterocycles. The van der Waals surface area contributed by atoms with Crippen molar-refractivity contribution in [1.82, 2.24) is 10.3 Å². The summed E-state index contributed by atoms with van der Waals surface area (Å²) in [5.74, 6) is 0.125. The lowest BCUT2D eigenvalue weighted by atomic mass is 9.76. The lowest BCUT2D eigenvalue weighted by Gasteiger charge is -2.37. The Morgan fingerprint density at radius 1 is 1.40 bits per heavy atom. The first kappa shape index (κ1) is 17.9. The number of aromatic nitrogens is 1. The van der Waals surface area contributed by atoms with Crippen molar-refractivity contribution in [2.24, 2.45) is 11.8 Å². The number of carbonyl (C=O) groups excluding carboxylic acids is 2. The maximum absolute atomic E-state index is 12.8. The van der Waals surface area contributed by atoms with Crippen LogP contribution in [0.3, 0.4) is 0 Å². The quantitative estimate of drug-likeness (QED) is 0.657. The Kier molecular flexibility index (Phi) is 4.87. The van der Waals surface area contributed by atoms with E-state index in [2.05, 4.69) is 17.2 Å². The fourth-order valence-corrected chi connectivity index (χ4v) is 3.68. The van der Waals surface area contributed by atoms with Crippen LogP contribution in [0, 0.1) is 11.8 Å². The monoisotopic (exact) mass is 362 g/mol. The number of esters is 1. The SMILES string of the molecule is CC1CCC2(CC1)NC(=O)C(c1cccnc1Cl)=C2OC(=O)C(C)C. The van der Waals surface area contributed by atoms with E-state index < -0.39 is 5.54 Å². The highest BCUT2D eigenvalue weighted by Crippen LogP contribution is 2.45. The number of halogens is 1. The molecule has 3 rings (SSSR count). The second-order valence-electron chi connectivity index (χ2n) is 7.34. The maximum atomic E-state index is 12.8. The van der Waals surface area contributed by atoms with E-state index in [0.717, 1.165) is 25.7 Å². The van der Waals surface area contributed by atoms with Crippen LogP contribution in [0.4, 0.5) is 0 Å². The van der Waals surface area contributed by atoms with Crippen LogP contribution < -0.4 is 5.32 Å². The number of amides is 1. The molecule has 1 saturated carbocycles. The number of nitrogens with zero attached hydrogens (tertiary/aromatic N) is 1. The molecule has 0 aromatic carbocycles. The van der Waals surface area contributed by atoms with Crippen molar-refractivity contribution in [2.45, 2.75) is 52.0 Å². The van der Waals surface area contributed by atoms with Crippen LogP contribution in [-0.4, -0.2) is 22.4 Å². The zero-order valence-electron chi connectivity index (χ0n) is 14.8. The molecule has 2 heterocycles. The lowest BCUT2D eigenvalue weighted by molar-refractivity contribution is -0.144. The van der Waals surface area contributed by atoms with E-state index >= 15 is 0 Å². The average Bonchev–Trinajstić information content (AvgIpc) is 2.83. The van der Waals surface area contributed by atoms with E-state index in [1.807, 2.05) is 0 Å². The molecule has 5 nitrogen and oxygen atoms in total. The first-order valence-corrected chi connectivity index (χ1v) is 9.11. The highest BCUT2D eigenvalue weighted by molar-refractivity contribution is 6.34. The summed E-state index contributed by atoms with van der Waals surface area (Å²) in [6.07, 6.45) is 5.01. The summed E-state index contributed by atoms with van der Waals surface area (Å²) in [4.78, 5) is 29.2. The number of rotatable bonds is 3. The Morgan fingerprint density at radius 2 is 2.08 bits per heavy atom. The largest absolute Gasteiger partial charge is 0.427 e. The minimum absolute atomic E-state index is 0.229. The lowest BCUT2D eigenvalue weighted by Crippen LogP contribution is -2.48. The summed E-state index contributed by atoms with van der Waals surface area (Å²) in [5, 5.41) is 3.31. The molecule has 0 radical (unpaired) electrons. The number of hydrogen-bond acceptors (Lipinski definition) is 4. The summed E-state index contributed by atoms with van der Waals surface area (Å²) < 4.78 is 5.76. The fourth-order valence-electron chi connectivity index (χ4n) is 3.47. The highest BCUT2D eigenvalue weighted by atomic mass is 35.5. The topological polar surface area (TPSA) is 68.3 Å². The number of pyridine rings is 1. The first-order chi connectivity index (χ1) is 11.8. The van der Waals surface area contributed by atoms with Gasteiger partial charge in [-0.25, -0.2) is 4.98 Å². The van der Waals surface area contributed by atoms with Crippen molar-refractivity contribution in [3.05, 3.63) is 34.8 Å². The highest BCUT2D eigenvalue weighted by Gasteiger charge is 2.49. The van der Waals surface area contributed by atoms with Crippen LogP contribution in [0.2, 0.25) is 5.15 Å². The molecule has 0 atom stereocenters. The molecular weight excluding hydrogens is 340 g/mol. The molecular formula is C19H23ClN2O3. The van der Waals surface area contributed by atoms with Crippen molar-refractivity contribution in [2.75, 3.05) is 0 Å². The zero-order valence-corrected chi connectivity index (χ0v) is 15.5. The summed E-state index contributed by atoms with van der Waals surface area (Å²) in [7, 11) is 0. The minimum atomic E-state index is -0.622. The zero-order chi connectivity index (χ0) is 18.2. The minimum Gasteiger partial charge on any atom is -0.427 e. The number of ether oxygens (including phenoxy) is 1. The summed E-state index contributed by atoms with van der Waals surface area (Å²) in [6, 6.07) is 3.45. The molecule has 1 N–H and O–H groups in total. The molecule has 0 unspecified atom stereocenters. The van der Waals surface area contributed by atoms with Crippen molar-refractivity contribution < 1.29 is 14.3 Å². The van der Waals surface area contributed by atoms with Gasteiger partial charge >= 0.3 is 5.97 Å². The van der Waals surface area contributed by atoms with Gasteiger partial charge in [-0.05, 0) is 43.7 Å². The molecule has 1 aliphatic carbocycles. The van der Waals surface area contributed by atoms with Gasteiger partial charge in [0.2, 0.25) is 0 Å². The van der Waals surface area contributed by atoms with Gasteiger partial charge in [0.15, 0.2) is 0 Å². The van der Waals surface area contributed by atoms with Gasteiger partial charge in [-0.2, -0.15) is 0 Å². The van der Waals surface area contributed by atoms with Gasteiger partial charge < -0.3 is 10.1 Å². The Balaban J connectivity index is 2.11. The van der Waals surface area contributed by atoms with Crippen LogP contribution in [0.1, 0.15) is 52.0 Å². The van der Waals surface area contributed by atoms with Gasteiger partial charge in [-0.1, -0.05) is 32.4 Å². The van der Waals surface area contributed by atoms with Gasteiger partial charge in [0.05, 0.1) is 17.0 Å². The Labute approximate surface area is 152 Å². The smallest absolute Gasteiger partial charge is 0.313 e. The standard InChI is InChI=1S/C19H23ClN2O3/c1-11(2)18(24)25-15-14(13-5-4-10-21-16(13)20)17(23)22-19(15)8-6-12(3)7-9-19/h4-5,10-12H,6-9H2,1-3H3,(H,22,23). The van der Waals surface area contributed by atoms with Crippen LogP contribution in [-0.2, 0) is 14.3 Å². The maximum Gasteiger partial charge on any atom is 0.313 e. The second kappa shape index (κ2) is 6.79. The summed E-state index contributed by atoms with van der Waals surface area (Å²) in [6.45, 7) is 5.75. The van der Waals surface area contributed by atoms with Gasteiger partial charge in [0, 0.05) is 11.8 Å². The van der Waals surface area contributed by atoms with Crippen molar-refractivity contribution in [3.63, 3.8) is 0 Å². The second-order valence-corrected chi connectivity index (χ2v) is 7.70. The molecule has 1 aromatic rings. The average molecular weight is 363 g/mol. The Hall–Kier alpha value is -1.88. The van der Waals surface area contributed by atoms with E-state index in [4.69, 9.17) is 16.3 Å². The number of carbonyl (C=O) groups is 2. The van der Waals surface area contributed by atoms with Gasteiger partial charge in [-0.15, -0.1) is 0 Å². The van der Waals surface area contributed by atoms with Crippen LogP contribution in [0.5, 0.6) is 0 Å². The van der Waals surface area contributed by atoms with Crippen molar-refractivity contribution >= 4 is 29.1 Å². The van der Waals surface area contributed by atoms with Gasteiger partial charge in [0.25, 0.3) is 5.91 Å². The van der Waals surface area contributed by atoms with Gasteiger partial charge in [0.1, 0.15) is 10.9 Å². The summed E-state index contributed by atoms with van der Waals surface area (Å²) in [5.41, 5.74) is 0.216. The van der Waals surface area contributed by atoms with Crippen molar-refractivity contribution in [1.29, 1.82) is 0 Å². The van der Waals surface area contributed by atoms with E-state index in [-0.39, 0.29) is 22.9 Å². The normalized spacial score (nSPS) is 26.3. The third kappa shape index (κ3) is 3.30. The van der Waals surface area contributed by atoms with Gasteiger partial charge in [-0.3, -0.25) is 9.59 Å². The van der Waals surface area contributed by atoms with E-state index in [1.165, 1.54) is 0 Å². The van der Waals surface area contributed by atoms with Crippen LogP contribution in [0.25, 0.3) is 5.57 Å². The molecule has 134 valence electrons. The summed E-state index contributed by atoms with van der Waals surface area (Å²) >= 11 is 6.22. The molecule has 1 aromatic heterocycles. The van der Waals surface area contributed by atoms with Crippen molar-refractivity contribution in [3.8, 4) is 0 Å². The Bertz CT molecular complexity index is 734. The van der Waals surface area contributed by atoms with Crippen LogP contribution in [0.15, 0.2) is 24.1 Å². The molecule has 1 fully saturated rings. The molecule has 1 aliphatic heterocycles. The molecule has 1 spiro atoms. The predicted octanol–water partition coefficient (Wildman–Crippen LogP) is 3.72. The van der Waals surface area contributed by atoms with E-state index in [9.17, 15) is 9.59 Å². The van der Waals surface area contributed by atoms with E-state index in [1.54, 1.807) is 32.2 Å². The van der Waals surface area contributed by atoms with E-state index in [0.29, 0.717) is 22.8 Å². The number of hydrogen-bond donors (Lipinski definition) is 1. The molecule has 1 amide bonds. The molecule has 0 bridgehead atoms. The molecule has 25 heavy (non-hydrogen) atoms. The Morgan fingerprint density at radius 3 is 2.68 bits per heavy atom. The number of nitrogens with one attached hydrogen (secondary N) is 1. The molecule has 6 heteroatoms. The third-order valence-electron chi connectivity index (χ3n) is 5.07.